The first-order valence-corrected chi connectivity index (χ1v) is 10.5. The number of nitrogens with zero attached hydrogens (tertiary/aromatic N) is 3. The second-order valence-corrected chi connectivity index (χ2v) is 7.74. The van der Waals surface area contributed by atoms with Gasteiger partial charge in [0.1, 0.15) is 5.65 Å². The summed E-state index contributed by atoms with van der Waals surface area (Å²) < 4.78 is 0. The van der Waals surface area contributed by atoms with Crippen LogP contribution in [0.3, 0.4) is 0 Å². The van der Waals surface area contributed by atoms with Crippen LogP contribution in [0, 0.1) is 0 Å². The van der Waals surface area contributed by atoms with Gasteiger partial charge in [-0.2, -0.15) is 5.10 Å². The summed E-state index contributed by atoms with van der Waals surface area (Å²) in [6, 6.07) is 17.3. The third kappa shape index (κ3) is 3.41. The van der Waals surface area contributed by atoms with E-state index < -0.39 is 0 Å². The Bertz CT molecular complexity index is 1590. The Morgan fingerprint density at radius 1 is 0.848 bits per heavy atom. The monoisotopic (exact) mass is 430 g/mol. The molecule has 0 unspecified atom stereocenters. The van der Waals surface area contributed by atoms with E-state index in [9.17, 15) is 4.79 Å². The highest BCUT2D eigenvalue weighted by Crippen LogP contribution is 2.30. The van der Waals surface area contributed by atoms with Gasteiger partial charge in [0.25, 0.3) is 5.91 Å². The number of hydrogen-bond acceptors (Lipinski definition) is 4. The van der Waals surface area contributed by atoms with Crippen molar-refractivity contribution in [3.8, 4) is 22.3 Å². The van der Waals surface area contributed by atoms with Gasteiger partial charge in [-0.05, 0) is 35.9 Å². The smallest absolute Gasteiger partial charge is 0.255 e. The van der Waals surface area contributed by atoms with E-state index in [-0.39, 0.29) is 5.91 Å². The molecule has 33 heavy (non-hydrogen) atoms. The molecule has 6 aromatic rings. The molecule has 6 rings (SSSR count). The van der Waals surface area contributed by atoms with Crippen LogP contribution in [-0.4, -0.2) is 31.1 Å². The molecule has 0 aliphatic heterocycles. The number of amides is 1. The van der Waals surface area contributed by atoms with Crippen LogP contribution < -0.4 is 5.32 Å². The van der Waals surface area contributed by atoms with Gasteiger partial charge in [0.05, 0.1) is 6.20 Å². The van der Waals surface area contributed by atoms with Crippen molar-refractivity contribution in [2.75, 3.05) is 5.32 Å². The first-order chi connectivity index (χ1) is 16.3. The molecule has 0 bridgehead atoms. The number of aromatic nitrogens is 5. The van der Waals surface area contributed by atoms with Gasteiger partial charge in [-0.15, -0.1) is 0 Å². The van der Waals surface area contributed by atoms with Gasteiger partial charge in [-0.25, -0.2) is 4.98 Å². The number of H-pyrrole nitrogens is 2. The average Bonchev–Trinajstić information content (AvgIpc) is 3.54. The van der Waals surface area contributed by atoms with Gasteiger partial charge in [-0.1, -0.05) is 24.3 Å². The zero-order valence-electron chi connectivity index (χ0n) is 17.4. The van der Waals surface area contributed by atoms with E-state index in [4.69, 9.17) is 0 Å². The number of hydrogen-bond donors (Lipinski definition) is 3. The fraction of sp³-hybridized carbons (Fsp3) is 0. The van der Waals surface area contributed by atoms with Gasteiger partial charge in [0.15, 0.2) is 0 Å². The molecule has 7 heteroatoms. The lowest BCUT2D eigenvalue weighted by molar-refractivity contribution is 0.102. The first kappa shape index (κ1) is 18.9. The fourth-order valence-electron chi connectivity index (χ4n) is 4.04. The molecule has 4 heterocycles. The standard InChI is InChI=1S/C26H18N6O/c33-26(32-24-3-1-2-18-11-27-9-8-21(18)24)17-6-4-16(5-7-17)19-10-22-23(20-13-30-31-14-20)15-29-25(22)28-12-19/h1-15H,(H,28,29)(H,30,31)(H,32,33). The third-order valence-electron chi connectivity index (χ3n) is 5.75. The number of nitrogens with one attached hydrogen (secondary N) is 3. The summed E-state index contributed by atoms with van der Waals surface area (Å²) in [6.45, 7) is 0. The van der Waals surface area contributed by atoms with E-state index in [1.165, 1.54) is 0 Å². The Hall–Kier alpha value is -4.78. The summed E-state index contributed by atoms with van der Waals surface area (Å²) >= 11 is 0. The number of rotatable bonds is 4. The number of benzene rings is 2. The molecule has 0 radical (unpaired) electrons. The van der Waals surface area contributed by atoms with Crippen LogP contribution in [0.15, 0.2) is 91.8 Å². The van der Waals surface area contributed by atoms with Gasteiger partial charge in [0, 0.05) is 75.1 Å². The maximum absolute atomic E-state index is 12.9. The Morgan fingerprint density at radius 2 is 1.76 bits per heavy atom. The summed E-state index contributed by atoms with van der Waals surface area (Å²) in [7, 11) is 0. The van der Waals surface area contributed by atoms with Crippen LogP contribution in [0.25, 0.3) is 44.1 Å². The largest absolute Gasteiger partial charge is 0.346 e. The summed E-state index contributed by atoms with van der Waals surface area (Å²) in [5.74, 6) is -0.160. The lowest BCUT2D eigenvalue weighted by Gasteiger charge is -2.09. The minimum atomic E-state index is -0.160. The van der Waals surface area contributed by atoms with Crippen molar-refractivity contribution in [1.82, 2.24) is 25.1 Å². The van der Waals surface area contributed by atoms with Crippen molar-refractivity contribution >= 4 is 33.4 Å². The fourth-order valence-corrected chi connectivity index (χ4v) is 4.04. The van der Waals surface area contributed by atoms with Gasteiger partial charge in [-0.3, -0.25) is 14.9 Å². The minimum Gasteiger partial charge on any atom is -0.346 e. The number of aromatic amines is 2. The minimum absolute atomic E-state index is 0.160. The zero-order valence-corrected chi connectivity index (χ0v) is 17.4. The number of carbonyl (C=O) groups excluding carboxylic acids is 1. The summed E-state index contributed by atoms with van der Waals surface area (Å²) in [5, 5.41) is 12.8. The van der Waals surface area contributed by atoms with Crippen LogP contribution in [0.4, 0.5) is 5.69 Å². The van der Waals surface area contributed by atoms with Crippen molar-refractivity contribution in [2.45, 2.75) is 0 Å². The highest BCUT2D eigenvalue weighted by Gasteiger charge is 2.12. The average molecular weight is 430 g/mol. The lowest BCUT2D eigenvalue weighted by Crippen LogP contribution is -2.12. The molecule has 0 atom stereocenters. The maximum Gasteiger partial charge on any atom is 0.255 e. The molecule has 0 saturated carbocycles. The Morgan fingerprint density at radius 3 is 2.61 bits per heavy atom. The summed E-state index contributed by atoms with van der Waals surface area (Å²) in [4.78, 5) is 24.8. The van der Waals surface area contributed by atoms with Crippen LogP contribution in [0.5, 0.6) is 0 Å². The first-order valence-electron chi connectivity index (χ1n) is 10.5. The molecule has 0 saturated heterocycles. The predicted octanol–water partition coefficient (Wildman–Crippen LogP) is 5.42. The Labute approximate surface area is 188 Å². The molecule has 158 valence electrons. The van der Waals surface area contributed by atoms with E-state index in [1.54, 1.807) is 18.6 Å². The Balaban J connectivity index is 1.28. The number of pyridine rings is 2. The van der Waals surface area contributed by atoms with Crippen LogP contribution >= 0.6 is 0 Å². The lowest BCUT2D eigenvalue weighted by atomic mass is 10.0. The molecule has 0 aliphatic rings. The highest BCUT2D eigenvalue weighted by atomic mass is 16.1. The molecular formula is C26H18N6O. The third-order valence-corrected chi connectivity index (χ3v) is 5.75. The molecule has 1 amide bonds. The molecule has 0 spiro atoms. The van der Waals surface area contributed by atoms with Crippen molar-refractivity contribution in [2.24, 2.45) is 0 Å². The molecule has 0 aliphatic carbocycles. The molecule has 4 aromatic heterocycles. The highest BCUT2D eigenvalue weighted by molar-refractivity contribution is 6.09. The quantitative estimate of drug-likeness (QED) is 0.348. The summed E-state index contributed by atoms with van der Waals surface area (Å²) in [5.41, 5.74) is 6.15. The summed E-state index contributed by atoms with van der Waals surface area (Å²) in [6.07, 6.45) is 10.9. The second-order valence-electron chi connectivity index (χ2n) is 7.74. The molecule has 0 fully saturated rings. The second kappa shape index (κ2) is 7.72. The van der Waals surface area contributed by atoms with E-state index >= 15 is 0 Å². The SMILES string of the molecule is O=C(Nc1cccc2cnccc12)c1ccc(-c2cnc3[nH]cc(-c4cn[nH]c4)c3c2)cc1. The normalized spacial score (nSPS) is 11.2. The van der Waals surface area contributed by atoms with E-state index in [2.05, 4.69) is 36.5 Å². The number of carbonyl (C=O) groups is 1. The van der Waals surface area contributed by atoms with Crippen LogP contribution in [-0.2, 0) is 0 Å². The molecular weight excluding hydrogens is 412 g/mol. The van der Waals surface area contributed by atoms with Crippen molar-refractivity contribution < 1.29 is 4.79 Å². The van der Waals surface area contributed by atoms with Gasteiger partial charge in [0.2, 0.25) is 0 Å². The molecule has 2 aromatic carbocycles. The van der Waals surface area contributed by atoms with E-state index in [1.807, 2.05) is 67.1 Å². The number of anilines is 1. The van der Waals surface area contributed by atoms with Crippen LogP contribution in [0.2, 0.25) is 0 Å². The number of fused-ring (bicyclic) bond motifs is 2. The van der Waals surface area contributed by atoms with E-state index in [0.29, 0.717) is 5.56 Å². The molecule has 7 nitrogen and oxygen atoms in total. The topological polar surface area (TPSA) is 99.3 Å². The van der Waals surface area contributed by atoms with Crippen molar-refractivity contribution in [3.63, 3.8) is 0 Å². The van der Waals surface area contributed by atoms with E-state index in [0.717, 1.165) is 49.7 Å². The molecule has 3 N–H and O–H groups in total. The van der Waals surface area contributed by atoms with Crippen molar-refractivity contribution in [3.05, 3.63) is 97.3 Å². The van der Waals surface area contributed by atoms with Gasteiger partial charge >= 0.3 is 0 Å². The van der Waals surface area contributed by atoms with Gasteiger partial charge < -0.3 is 10.3 Å². The zero-order chi connectivity index (χ0) is 22.2. The van der Waals surface area contributed by atoms with Crippen LogP contribution in [0.1, 0.15) is 10.4 Å². The van der Waals surface area contributed by atoms with Crippen molar-refractivity contribution in [1.29, 1.82) is 0 Å². The Kier molecular flexibility index (Phi) is 4.43. The predicted molar refractivity (Wildman–Crippen MR) is 129 cm³/mol. The maximum atomic E-state index is 12.9.